The minimum atomic E-state index is 0.334. The van der Waals surface area contributed by atoms with E-state index in [2.05, 4.69) is 61.9 Å². The number of halogens is 1. The lowest BCUT2D eigenvalue weighted by molar-refractivity contribution is 0.352. The molecule has 2 atom stereocenters. The molecule has 0 amide bonds. The molecule has 2 nitrogen and oxygen atoms in total. The number of aryl methyl sites for hydroxylation is 1. The number of nitrogens with one attached hydrogen (secondary N) is 1. The molecule has 3 heteroatoms. The number of methoxy groups -OCH3 is 1. The van der Waals surface area contributed by atoms with Crippen LogP contribution >= 0.6 is 15.9 Å². The smallest absolute Gasteiger partial charge is 0.126 e. The van der Waals surface area contributed by atoms with E-state index in [-0.39, 0.29) is 0 Å². The largest absolute Gasteiger partial charge is 0.496 e. The molecule has 0 aliphatic heterocycles. The van der Waals surface area contributed by atoms with Gasteiger partial charge in [0.1, 0.15) is 5.75 Å². The summed E-state index contributed by atoms with van der Waals surface area (Å²) in [6, 6.07) is 2.47. The third-order valence-corrected chi connectivity index (χ3v) is 4.68. The molecule has 0 bridgehead atoms. The van der Waals surface area contributed by atoms with Crippen molar-refractivity contribution >= 4 is 15.9 Å². The van der Waals surface area contributed by atoms with E-state index in [9.17, 15) is 0 Å². The van der Waals surface area contributed by atoms with Gasteiger partial charge in [-0.2, -0.15) is 0 Å². The Morgan fingerprint density at radius 2 is 1.95 bits per heavy atom. The molecule has 0 aliphatic carbocycles. The molecule has 0 saturated carbocycles. The number of ether oxygens (including phenoxy) is 1. The van der Waals surface area contributed by atoms with Gasteiger partial charge >= 0.3 is 0 Å². The maximum atomic E-state index is 5.67. The van der Waals surface area contributed by atoms with Crippen molar-refractivity contribution in [1.29, 1.82) is 0 Å². The topological polar surface area (TPSA) is 21.3 Å². The highest BCUT2D eigenvalue weighted by Crippen LogP contribution is 2.39. The zero-order valence-corrected chi connectivity index (χ0v) is 14.5. The minimum absolute atomic E-state index is 0.334. The first-order chi connectivity index (χ1) is 8.97. The zero-order chi connectivity index (χ0) is 14.6. The van der Waals surface area contributed by atoms with Gasteiger partial charge in [0, 0.05) is 16.1 Å². The van der Waals surface area contributed by atoms with Crippen LogP contribution in [0.25, 0.3) is 0 Å². The van der Waals surface area contributed by atoms with Crippen LogP contribution in [0.15, 0.2) is 10.5 Å². The normalized spacial score (nSPS) is 14.3. The third kappa shape index (κ3) is 3.51. The van der Waals surface area contributed by atoms with Crippen molar-refractivity contribution in [2.45, 2.75) is 47.1 Å². The highest BCUT2D eigenvalue weighted by molar-refractivity contribution is 9.10. The second kappa shape index (κ2) is 7.30. The number of hydrogen-bond donors (Lipinski definition) is 1. The standard InChI is InChI=1S/C16H26BrNO/c1-7-10(3)15(18-8-2)14-12(5)13(17)9-11(4)16(14)19-6/h9-10,15,18H,7-8H2,1-6H3. The highest BCUT2D eigenvalue weighted by atomic mass is 79.9. The molecule has 1 rings (SSSR count). The van der Waals surface area contributed by atoms with Gasteiger partial charge in [-0.1, -0.05) is 43.1 Å². The van der Waals surface area contributed by atoms with Crippen LogP contribution in [0.2, 0.25) is 0 Å². The van der Waals surface area contributed by atoms with Crippen molar-refractivity contribution in [2.75, 3.05) is 13.7 Å². The maximum Gasteiger partial charge on any atom is 0.126 e. The summed E-state index contributed by atoms with van der Waals surface area (Å²) in [7, 11) is 1.76. The van der Waals surface area contributed by atoms with E-state index in [0.717, 1.165) is 23.2 Å². The van der Waals surface area contributed by atoms with Crippen LogP contribution in [0.5, 0.6) is 5.75 Å². The van der Waals surface area contributed by atoms with E-state index in [1.807, 2.05) is 0 Å². The summed E-state index contributed by atoms with van der Waals surface area (Å²) < 4.78 is 6.83. The van der Waals surface area contributed by atoms with Crippen LogP contribution in [0.3, 0.4) is 0 Å². The molecular formula is C16H26BrNO. The van der Waals surface area contributed by atoms with Crippen LogP contribution in [-0.4, -0.2) is 13.7 Å². The summed E-state index contributed by atoms with van der Waals surface area (Å²) >= 11 is 3.67. The SMILES string of the molecule is CCNC(c1c(C)c(Br)cc(C)c1OC)C(C)CC. The predicted molar refractivity (Wildman–Crippen MR) is 86.0 cm³/mol. The van der Waals surface area contributed by atoms with Crippen LogP contribution in [0.1, 0.15) is 49.9 Å². The lowest BCUT2D eigenvalue weighted by atomic mass is 9.88. The molecule has 0 spiro atoms. The predicted octanol–water partition coefficient (Wildman–Crippen LogP) is 4.77. The van der Waals surface area contributed by atoms with E-state index in [1.54, 1.807) is 7.11 Å². The average molecular weight is 328 g/mol. The van der Waals surface area contributed by atoms with Crippen molar-refractivity contribution in [3.63, 3.8) is 0 Å². The number of benzene rings is 1. The highest BCUT2D eigenvalue weighted by Gasteiger charge is 2.24. The summed E-state index contributed by atoms with van der Waals surface area (Å²) in [6.07, 6.45) is 1.14. The Kier molecular flexibility index (Phi) is 6.34. The molecule has 1 aromatic rings. The van der Waals surface area contributed by atoms with Crippen LogP contribution in [0.4, 0.5) is 0 Å². The molecule has 19 heavy (non-hydrogen) atoms. The molecule has 0 saturated heterocycles. The van der Waals surface area contributed by atoms with Gasteiger partial charge in [-0.25, -0.2) is 0 Å². The first-order valence-electron chi connectivity index (χ1n) is 7.04. The lowest BCUT2D eigenvalue weighted by Gasteiger charge is -2.29. The van der Waals surface area contributed by atoms with Gasteiger partial charge in [0.2, 0.25) is 0 Å². The van der Waals surface area contributed by atoms with Crippen molar-refractivity contribution in [3.05, 3.63) is 27.2 Å². The molecule has 0 fully saturated rings. The Morgan fingerprint density at radius 1 is 1.32 bits per heavy atom. The van der Waals surface area contributed by atoms with Gasteiger partial charge in [0.05, 0.1) is 7.11 Å². The van der Waals surface area contributed by atoms with Crippen LogP contribution < -0.4 is 10.1 Å². The second-order valence-corrected chi connectivity index (χ2v) is 6.02. The molecule has 108 valence electrons. The third-order valence-electron chi connectivity index (χ3n) is 3.86. The molecule has 0 heterocycles. The summed E-state index contributed by atoms with van der Waals surface area (Å²) in [5.41, 5.74) is 3.75. The van der Waals surface area contributed by atoms with Gasteiger partial charge in [-0.05, 0) is 43.5 Å². The fourth-order valence-electron chi connectivity index (χ4n) is 2.56. The molecular weight excluding hydrogens is 302 g/mol. The molecule has 0 aliphatic rings. The van der Waals surface area contributed by atoms with E-state index >= 15 is 0 Å². The van der Waals surface area contributed by atoms with Crippen molar-refractivity contribution in [2.24, 2.45) is 5.92 Å². The fourth-order valence-corrected chi connectivity index (χ4v) is 3.12. The quantitative estimate of drug-likeness (QED) is 0.812. The Hall–Kier alpha value is -0.540. The maximum absolute atomic E-state index is 5.67. The monoisotopic (exact) mass is 327 g/mol. The average Bonchev–Trinajstić information content (AvgIpc) is 2.39. The van der Waals surface area contributed by atoms with Gasteiger partial charge in [-0.15, -0.1) is 0 Å². The fraction of sp³-hybridized carbons (Fsp3) is 0.625. The molecule has 0 aromatic heterocycles. The summed E-state index contributed by atoms with van der Waals surface area (Å²) in [5, 5.41) is 3.62. The first kappa shape index (κ1) is 16.5. The number of rotatable bonds is 6. The Morgan fingerprint density at radius 3 is 2.42 bits per heavy atom. The van der Waals surface area contributed by atoms with Crippen molar-refractivity contribution in [3.8, 4) is 5.75 Å². The zero-order valence-electron chi connectivity index (χ0n) is 12.9. The Balaban J connectivity index is 3.42. The van der Waals surface area contributed by atoms with Gasteiger partial charge in [0.25, 0.3) is 0 Å². The van der Waals surface area contributed by atoms with E-state index in [1.165, 1.54) is 16.7 Å². The summed E-state index contributed by atoms with van der Waals surface area (Å²) in [5.74, 6) is 1.59. The Labute approximate surface area is 126 Å². The first-order valence-corrected chi connectivity index (χ1v) is 7.84. The van der Waals surface area contributed by atoms with Crippen molar-refractivity contribution < 1.29 is 4.74 Å². The van der Waals surface area contributed by atoms with Gasteiger partial charge < -0.3 is 10.1 Å². The molecule has 1 aromatic carbocycles. The van der Waals surface area contributed by atoms with E-state index < -0.39 is 0 Å². The molecule has 0 radical (unpaired) electrons. The van der Waals surface area contributed by atoms with Gasteiger partial charge in [0.15, 0.2) is 0 Å². The number of hydrogen-bond acceptors (Lipinski definition) is 2. The lowest BCUT2D eigenvalue weighted by Crippen LogP contribution is -2.28. The Bertz CT molecular complexity index is 431. The summed E-state index contributed by atoms with van der Waals surface area (Å²) in [6.45, 7) is 11.9. The van der Waals surface area contributed by atoms with Crippen LogP contribution in [-0.2, 0) is 0 Å². The van der Waals surface area contributed by atoms with Crippen LogP contribution in [0, 0.1) is 19.8 Å². The van der Waals surface area contributed by atoms with Gasteiger partial charge in [-0.3, -0.25) is 0 Å². The van der Waals surface area contributed by atoms with Crippen molar-refractivity contribution in [1.82, 2.24) is 5.32 Å². The summed E-state index contributed by atoms with van der Waals surface area (Å²) in [4.78, 5) is 0. The minimum Gasteiger partial charge on any atom is -0.496 e. The molecule has 2 unspecified atom stereocenters. The van der Waals surface area contributed by atoms with E-state index in [4.69, 9.17) is 4.74 Å². The second-order valence-electron chi connectivity index (χ2n) is 5.17. The van der Waals surface area contributed by atoms with E-state index in [0.29, 0.717) is 12.0 Å². The molecule has 1 N–H and O–H groups in total.